The first-order valence-corrected chi connectivity index (χ1v) is 9.44. The van der Waals surface area contributed by atoms with Crippen molar-refractivity contribution >= 4 is 11.9 Å². The lowest BCUT2D eigenvalue weighted by molar-refractivity contribution is -0.127. The predicted octanol–water partition coefficient (Wildman–Crippen LogP) is 1.73. The summed E-state index contributed by atoms with van der Waals surface area (Å²) in [6.45, 7) is 2.23. The van der Waals surface area contributed by atoms with Gasteiger partial charge in [-0.2, -0.15) is 0 Å². The molecule has 1 heterocycles. The van der Waals surface area contributed by atoms with E-state index in [1.54, 1.807) is 26.1 Å². The molecule has 0 aliphatic carbocycles. The maximum Gasteiger partial charge on any atom is 0.243 e. The predicted molar refractivity (Wildman–Crippen MR) is 107 cm³/mol. The van der Waals surface area contributed by atoms with E-state index in [4.69, 9.17) is 9.47 Å². The summed E-state index contributed by atoms with van der Waals surface area (Å²) in [6, 6.07) is 7.91. The Morgan fingerprint density at radius 2 is 2.07 bits per heavy atom. The van der Waals surface area contributed by atoms with E-state index < -0.39 is 0 Å². The van der Waals surface area contributed by atoms with Gasteiger partial charge in [0.15, 0.2) is 5.96 Å². The highest BCUT2D eigenvalue weighted by molar-refractivity contribution is 5.84. The zero-order valence-electron chi connectivity index (χ0n) is 16.9. The van der Waals surface area contributed by atoms with Crippen LogP contribution >= 0.6 is 0 Å². The van der Waals surface area contributed by atoms with Gasteiger partial charge in [0.25, 0.3) is 0 Å². The van der Waals surface area contributed by atoms with Crippen LogP contribution in [0.1, 0.15) is 24.8 Å². The summed E-state index contributed by atoms with van der Waals surface area (Å²) in [4.78, 5) is 20.0. The second-order valence-electron chi connectivity index (χ2n) is 6.97. The van der Waals surface area contributed by atoms with Crippen LogP contribution in [0.25, 0.3) is 0 Å². The number of nitrogens with one attached hydrogen (secondary N) is 1. The Hall–Kier alpha value is -2.28. The quantitative estimate of drug-likeness (QED) is 0.580. The highest BCUT2D eigenvalue weighted by Gasteiger charge is 2.17. The Morgan fingerprint density at radius 3 is 2.74 bits per heavy atom. The fraction of sp³-hybridized carbons (Fsp3) is 0.600. The highest BCUT2D eigenvalue weighted by Crippen LogP contribution is 2.19. The zero-order valence-corrected chi connectivity index (χ0v) is 16.9. The summed E-state index contributed by atoms with van der Waals surface area (Å²) in [7, 11) is 7.10. The first kappa shape index (κ1) is 21.0. The lowest BCUT2D eigenvalue weighted by Crippen LogP contribution is -2.43. The van der Waals surface area contributed by atoms with Crippen molar-refractivity contribution in [3.63, 3.8) is 0 Å². The second kappa shape index (κ2) is 10.8. The van der Waals surface area contributed by atoms with Gasteiger partial charge in [-0.05, 0) is 25.3 Å². The molecule has 1 atom stereocenters. The number of carbonyl (C=O) groups is 1. The molecule has 0 saturated carbocycles. The van der Waals surface area contributed by atoms with Gasteiger partial charge in [0.05, 0.1) is 13.2 Å². The van der Waals surface area contributed by atoms with Crippen LogP contribution in [0.2, 0.25) is 0 Å². The summed E-state index contributed by atoms with van der Waals surface area (Å²) >= 11 is 0. The van der Waals surface area contributed by atoms with Crippen LogP contribution in [-0.4, -0.2) is 75.7 Å². The third-order valence-corrected chi connectivity index (χ3v) is 4.59. The molecule has 0 aromatic heterocycles. The minimum atomic E-state index is -0.0334. The van der Waals surface area contributed by atoms with E-state index in [-0.39, 0.29) is 18.6 Å². The summed E-state index contributed by atoms with van der Waals surface area (Å²) in [5.74, 6) is 1.49. The van der Waals surface area contributed by atoms with Gasteiger partial charge in [0.1, 0.15) is 12.3 Å². The third-order valence-electron chi connectivity index (χ3n) is 4.59. The maximum atomic E-state index is 12.0. The van der Waals surface area contributed by atoms with Gasteiger partial charge in [-0.3, -0.25) is 4.79 Å². The minimum absolute atomic E-state index is 0.0334. The number of guanidine groups is 1. The van der Waals surface area contributed by atoms with Crippen LogP contribution in [0.15, 0.2) is 29.3 Å². The van der Waals surface area contributed by atoms with Crippen LogP contribution in [0, 0.1) is 0 Å². The SMILES string of the molecule is COc1ccccc1CN(C)C(=NCC(=O)N(C)C)NCC1CCCCO1. The number of benzene rings is 1. The van der Waals surface area contributed by atoms with E-state index in [1.807, 2.05) is 36.2 Å². The summed E-state index contributed by atoms with van der Waals surface area (Å²) in [6.07, 6.45) is 3.55. The summed E-state index contributed by atoms with van der Waals surface area (Å²) < 4.78 is 11.2. The fourth-order valence-electron chi connectivity index (χ4n) is 2.93. The lowest BCUT2D eigenvalue weighted by Gasteiger charge is -2.27. The van der Waals surface area contributed by atoms with Crippen molar-refractivity contribution in [1.82, 2.24) is 15.1 Å². The number of ether oxygens (including phenoxy) is 2. The largest absolute Gasteiger partial charge is 0.496 e. The van der Waals surface area contributed by atoms with E-state index in [9.17, 15) is 4.79 Å². The molecule has 0 spiro atoms. The molecule has 0 bridgehead atoms. The summed E-state index contributed by atoms with van der Waals surface area (Å²) in [5.41, 5.74) is 1.06. The molecule has 1 aromatic rings. The van der Waals surface area contributed by atoms with Gasteiger partial charge in [-0.1, -0.05) is 18.2 Å². The van der Waals surface area contributed by atoms with Gasteiger partial charge >= 0.3 is 0 Å². The van der Waals surface area contributed by atoms with Crippen LogP contribution in [0.4, 0.5) is 0 Å². The number of hydrogen-bond acceptors (Lipinski definition) is 4. The van der Waals surface area contributed by atoms with Gasteiger partial charge in [-0.25, -0.2) is 4.99 Å². The number of methoxy groups -OCH3 is 1. The molecule has 1 saturated heterocycles. The van der Waals surface area contributed by atoms with Crippen molar-refractivity contribution < 1.29 is 14.3 Å². The normalized spacial score (nSPS) is 17.3. The van der Waals surface area contributed by atoms with E-state index >= 15 is 0 Å². The molecule has 1 aliphatic heterocycles. The Bertz CT molecular complexity index is 627. The van der Waals surface area contributed by atoms with Crippen molar-refractivity contribution in [2.75, 3.05) is 47.9 Å². The molecule has 0 radical (unpaired) electrons. The Kier molecular flexibility index (Phi) is 8.39. The first-order chi connectivity index (χ1) is 13.0. The number of likely N-dealkylation sites (N-methyl/N-ethyl adjacent to an activating group) is 1. The number of aliphatic imine (C=N–C) groups is 1. The lowest BCUT2D eigenvalue weighted by atomic mass is 10.1. The smallest absolute Gasteiger partial charge is 0.243 e. The molecule has 150 valence electrons. The minimum Gasteiger partial charge on any atom is -0.496 e. The average Bonchev–Trinajstić information content (AvgIpc) is 2.68. The van der Waals surface area contributed by atoms with Crippen LogP contribution in [0.3, 0.4) is 0 Å². The average molecular weight is 377 g/mol. The van der Waals surface area contributed by atoms with Crippen molar-refractivity contribution in [2.45, 2.75) is 31.9 Å². The van der Waals surface area contributed by atoms with Crippen LogP contribution < -0.4 is 10.1 Å². The second-order valence-corrected chi connectivity index (χ2v) is 6.97. The number of rotatable bonds is 7. The molecule has 7 nitrogen and oxygen atoms in total. The van der Waals surface area contributed by atoms with E-state index in [2.05, 4.69) is 10.3 Å². The molecular weight excluding hydrogens is 344 g/mol. The highest BCUT2D eigenvalue weighted by atomic mass is 16.5. The number of amides is 1. The number of para-hydroxylation sites is 1. The topological polar surface area (TPSA) is 66.4 Å². The molecule has 2 rings (SSSR count). The van der Waals surface area contributed by atoms with Crippen molar-refractivity contribution in [1.29, 1.82) is 0 Å². The monoisotopic (exact) mass is 376 g/mol. The first-order valence-electron chi connectivity index (χ1n) is 9.44. The molecule has 1 amide bonds. The van der Waals surface area contributed by atoms with Crippen molar-refractivity contribution in [2.24, 2.45) is 4.99 Å². The van der Waals surface area contributed by atoms with E-state index in [0.29, 0.717) is 19.0 Å². The molecule has 27 heavy (non-hydrogen) atoms. The van der Waals surface area contributed by atoms with Gasteiger partial charge in [-0.15, -0.1) is 0 Å². The number of hydrogen-bond donors (Lipinski definition) is 1. The van der Waals surface area contributed by atoms with E-state index in [1.165, 1.54) is 6.42 Å². The molecule has 1 fully saturated rings. The zero-order chi connectivity index (χ0) is 19.6. The van der Waals surface area contributed by atoms with Gasteiger partial charge in [0, 0.05) is 46.4 Å². The maximum absolute atomic E-state index is 12.0. The molecule has 1 unspecified atom stereocenters. The summed E-state index contributed by atoms with van der Waals surface area (Å²) in [5, 5.41) is 3.38. The molecule has 7 heteroatoms. The van der Waals surface area contributed by atoms with Gasteiger partial charge < -0.3 is 24.6 Å². The van der Waals surface area contributed by atoms with Crippen molar-refractivity contribution in [3.8, 4) is 5.75 Å². The number of nitrogens with zero attached hydrogens (tertiary/aromatic N) is 3. The Balaban J connectivity index is 2.06. The van der Waals surface area contributed by atoms with Crippen LogP contribution in [0.5, 0.6) is 5.75 Å². The third kappa shape index (κ3) is 6.75. The number of carbonyl (C=O) groups excluding carboxylic acids is 1. The Morgan fingerprint density at radius 1 is 1.30 bits per heavy atom. The fourth-order valence-corrected chi connectivity index (χ4v) is 2.93. The standard InChI is InChI=1S/C20H32N4O3/c1-23(2)19(25)14-22-20(21-13-17-10-7-8-12-27-17)24(3)15-16-9-5-6-11-18(16)26-4/h5-6,9,11,17H,7-8,10,12-15H2,1-4H3,(H,21,22). The molecule has 1 aromatic carbocycles. The van der Waals surface area contributed by atoms with Crippen molar-refractivity contribution in [3.05, 3.63) is 29.8 Å². The molecule has 1 N–H and O–H groups in total. The molecule has 1 aliphatic rings. The Labute approximate surface area is 162 Å². The molecular formula is C20H32N4O3. The van der Waals surface area contributed by atoms with Gasteiger partial charge in [0.2, 0.25) is 5.91 Å². The van der Waals surface area contributed by atoms with E-state index in [0.717, 1.165) is 30.8 Å². The van der Waals surface area contributed by atoms with Crippen LogP contribution in [-0.2, 0) is 16.1 Å².